The number of fused-ring (bicyclic) bond motifs is 1. The molecule has 9 heteroatoms. The first-order chi connectivity index (χ1) is 14.8. The molecule has 1 aliphatic heterocycles. The Morgan fingerprint density at radius 3 is 2.55 bits per heavy atom. The van der Waals surface area contributed by atoms with Gasteiger partial charge in [0.05, 0.1) is 19.8 Å². The molecule has 162 valence electrons. The fourth-order valence-electron chi connectivity index (χ4n) is 2.83. The molecule has 31 heavy (non-hydrogen) atoms. The predicted octanol–water partition coefficient (Wildman–Crippen LogP) is 2.29. The van der Waals surface area contributed by atoms with E-state index < -0.39 is 17.9 Å². The number of nitrogens with one attached hydrogen (secondary N) is 1. The number of hydrogen-bond donors (Lipinski definition) is 2. The third-order valence-corrected chi connectivity index (χ3v) is 4.49. The lowest BCUT2D eigenvalue weighted by Crippen LogP contribution is -2.40. The van der Waals surface area contributed by atoms with Crippen LogP contribution >= 0.6 is 0 Å². The Hall–Kier alpha value is -4.01. The first-order valence-electron chi connectivity index (χ1n) is 9.27. The molecule has 0 fully saturated rings. The second kappa shape index (κ2) is 9.21. The van der Waals surface area contributed by atoms with Gasteiger partial charge >= 0.3 is 5.97 Å². The third-order valence-electron chi connectivity index (χ3n) is 4.49. The van der Waals surface area contributed by atoms with Gasteiger partial charge in [-0.15, -0.1) is 0 Å². The molecule has 1 heterocycles. The van der Waals surface area contributed by atoms with Crippen molar-refractivity contribution in [2.24, 2.45) is 0 Å². The van der Waals surface area contributed by atoms with E-state index in [1.165, 1.54) is 32.2 Å². The SMILES string of the molecule is COc1ccc(C=C2Oc3cc(OCC(=O)N[C@@H](C)C(=O)O)ccc3C2=O)c(OC)c1. The number of carbonyl (C=O) groups excluding carboxylic acids is 2. The van der Waals surface area contributed by atoms with E-state index in [2.05, 4.69) is 5.32 Å². The smallest absolute Gasteiger partial charge is 0.325 e. The molecule has 0 radical (unpaired) electrons. The molecule has 1 atom stereocenters. The maximum Gasteiger partial charge on any atom is 0.325 e. The van der Waals surface area contributed by atoms with Gasteiger partial charge in [-0.1, -0.05) is 0 Å². The second-order valence-corrected chi connectivity index (χ2v) is 6.62. The Labute approximate surface area is 178 Å². The monoisotopic (exact) mass is 427 g/mol. The van der Waals surface area contributed by atoms with Crippen LogP contribution in [0.2, 0.25) is 0 Å². The van der Waals surface area contributed by atoms with Crippen LogP contribution in [-0.4, -0.2) is 49.6 Å². The summed E-state index contributed by atoms with van der Waals surface area (Å²) in [5.74, 6) is -0.191. The average Bonchev–Trinajstić information content (AvgIpc) is 3.07. The number of aliphatic carboxylic acids is 1. The lowest BCUT2D eigenvalue weighted by Gasteiger charge is -2.10. The molecular formula is C22H21NO8. The van der Waals surface area contributed by atoms with E-state index in [1.807, 2.05) is 0 Å². The molecule has 0 aromatic heterocycles. The van der Waals surface area contributed by atoms with Crippen LogP contribution in [-0.2, 0) is 9.59 Å². The minimum absolute atomic E-state index is 0.114. The Balaban J connectivity index is 1.72. The van der Waals surface area contributed by atoms with Crippen molar-refractivity contribution in [3.8, 4) is 23.0 Å². The summed E-state index contributed by atoms with van der Waals surface area (Å²) < 4.78 is 21.6. The molecule has 0 saturated heterocycles. The van der Waals surface area contributed by atoms with E-state index in [1.54, 1.807) is 31.4 Å². The molecule has 2 aromatic carbocycles. The number of amides is 1. The Kier molecular flexibility index (Phi) is 6.44. The van der Waals surface area contributed by atoms with Crippen molar-refractivity contribution in [1.29, 1.82) is 0 Å². The highest BCUT2D eigenvalue weighted by Gasteiger charge is 2.28. The first kappa shape index (κ1) is 21.7. The molecule has 0 saturated carbocycles. The summed E-state index contributed by atoms with van der Waals surface area (Å²) in [6.07, 6.45) is 1.57. The Bertz CT molecular complexity index is 1060. The molecule has 0 unspecified atom stereocenters. The molecule has 2 aromatic rings. The van der Waals surface area contributed by atoms with Crippen molar-refractivity contribution >= 4 is 23.7 Å². The summed E-state index contributed by atoms with van der Waals surface area (Å²) in [6, 6.07) is 8.72. The number of carboxylic acid groups (broad SMARTS) is 1. The normalized spacial score (nSPS) is 14.4. The van der Waals surface area contributed by atoms with Crippen molar-refractivity contribution in [1.82, 2.24) is 5.32 Å². The summed E-state index contributed by atoms with van der Waals surface area (Å²) >= 11 is 0. The largest absolute Gasteiger partial charge is 0.497 e. The van der Waals surface area contributed by atoms with Gasteiger partial charge in [-0.05, 0) is 37.3 Å². The molecular weight excluding hydrogens is 406 g/mol. The lowest BCUT2D eigenvalue weighted by atomic mass is 10.1. The van der Waals surface area contributed by atoms with Crippen LogP contribution in [0.15, 0.2) is 42.2 Å². The third kappa shape index (κ3) is 4.95. The van der Waals surface area contributed by atoms with Crippen LogP contribution in [0.1, 0.15) is 22.8 Å². The predicted molar refractivity (Wildman–Crippen MR) is 110 cm³/mol. The van der Waals surface area contributed by atoms with Crippen molar-refractivity contribution in [2.45, 2.75) is 13.0 Å². The van der Waals surface area contributed by atoms with Gasteiger partial charge in [-0.2, -0.15) is 0 Å². The molecule has 0 spiro atoms. The highest BCUT2D eigenvalue weighted by molar-refractivity contribution is 6.14. The maximum absolute atomic E-state index is 12.7. The highest BCUT2D eigenvalue weighted by Crippen LogP contribution is 2.36. The number of carbonyl (C=O) groups is 3. The summed E-state index contributed by atoms with van der Waals surface area (Å²) in [5.41, 5.74) is 0.996. The second-order valence-electron chi connectivity index (χ2n) is 6.62. The van der Waals surface area contributed by atoms with Gasteiger partial charge in [0.2, 0.25) is 5.78 Å². The summed E-state index contributed by atoms with van der Waals surface area (Å²) in [6.45, 7) is 0.969. The van der Waals surface area contributed by atoms with Crippen molar-refractivity contribution in [3.05, 3.63) is 53.3 Å². The van der Waals surface area contributed by atoms with Crippen molar-refractivity contribution in [3.63, 3.8) is 0 Å². The van der Waals surface area contributed by atoms with E-state index in [-0.39, 0.29) is 18.1 Å². The number of methoxy groups -OCH3 is 2. The van der Waals surface area contributed by atoms with Gasteiger partial charge in [-0.25, -0.2) is 0 Å². The molecule has 0 bridgehead atoms. The molecule has 3 rings (SSSR count). The number of allylic oxidation sites excluding steroid dienone is 1. The Morgan fingerprint density at radius 2 is 1.87 bits per heavy atom. The van der Waals surface area contributed by atoms with Gasteiger partial charge in [0.15, 0.2) is 12.4 Å². The summed E-state index contributed by atoms with van der Waals surface area (Å²) in [7, 11) is 3.06. The van der Waals surface area contributed by atoms with Crippen LogP contribution in [0, 0.1) is 0 Å². The molecule has 2 N–H and O–H groups in total. The van der Waals surface area contributed by atoms with Gasteiger partial charge < -0.3 is 29.4 Å². The van der Waals surface area contributed by atoms with Crippen LogP contribution in [0.4, 0.5) is 0 Å². The van der Waals surface area contributed by atoms with Crippen molar-refractivity contribution < 1.29 is 38.4 Å². The van der Waals surface area contributed by atoms with Gasteiger partial charge in [0, 0.05) is 17.7 Å². The van der Waals surface area contributed by atoms with Crippen molar-refractivity contribution in [2.75, 3.05) is 20.8 Å². The van der Waals surface area contributed by atoms with E-state index in [9.17, 15) is 14.4 Å². The zero-order valence-corrected chi connectivity index (χ0v) is 17.1. The molecule has 9 nitrogen and oxygen atoms in total. The first-order valence-corrected chi connectivity index (χ1v) is 9.27. The number of ketones is 1. The molecule has 1 amide bonds. The molecule has 1 aliphatic rings. The minimum Gasteiger partial charge on any atom is -0.497 e. The number of rotatable bonds is 8. The van der Waals surface area contributed by atoms with Crippen LogP contribution < -0.4 is 24.3 Å². The summed E-state index contributed by atoms with van der Waals surface area (Å²) in [4.78, 5) is 35.2. The van der Waals surface area contributed by atoms with E-state index >= 15 is 0 Å². The van der Waals surface area contributed by atoms with Crippen LogP contribution in [0.5, 0.6) is 23.0 Å². The van der Waals surface area contributed by atoms with Crippen LogP contribution in [0.3, 0.4) is 0 Å². The quantitative estimate of drug-likeness (QED) is 0.616. The minimum atomic E-state index is -1.15. The fraction of sp³-hybridized carbons (Fsp3) is 0.227. The fourth-order valence-corrected chi connectivity index (χ4v) is 2.83. The standard InChI is InChI=1S/C22H21NO8/c1-12(22(26)27)23-20(24)11-30-15-6-7-16-18(10-15)31-19(21(16)25)8-13-4-5-14(28-2)9-17(13)29-3/h4-10,12H,11H2,1-3H3,(H,23,24)(H,26,27)/t12-/m0/s1. The van der Waals surface area contributed by atoms with Gasteiger partial charge in [-0.3, -0.25) is 14.4 Å². The van der Waals surface area contributed by atoms with E-state index in [0.29, 0.717) is 34.1 Å². The zero-order chi connectivity index (χ0) is 22.5. The number of carboxylic acids is 1. The van der Waals surface area contributed by atoms with Gasteiger partial charge in [0.1, 0.15) is 29.0 Å². The maximum atomic E-state index is 12.7. The Morgan fingerprint density at radius 1 is 1.13 bits per heavy atom. The number of Topliss-reactive ketones (excluding diaryl/α,β-unsaturated/α-hetero) is 1. The van der Waals surface area contributed by atoms with E-state index in [0.717, 1.165) is 0 Å². The number of benzene rings is 2. The number of hydrogen-bond acceptors (Lipinski definition) is 7. The van der Waals surface area contributed by atoms with Gasteiger partial charge in [0.25, 0.3) is 5.91 Å². The highest BCUT2D eigenvalue weighted by atomic mass is 16.5. The number of ether oxygens (including phenoxy) is 4. The molecule has 0 aliphatic carbocycles. The average molecular weight is 427 g/mol. The topological polar surface area (TPSA) is 120 Å². The van der Waals surface area contributed by atoms with E-state index in [4.69, 9.17) is 24.1 Å². The lowest BCUT2D eigenvalue weighted by molar-refractivity contribution is -0.141. The van der Waals surface area contributed by atoms with Crippen LogP contribution in [0.25, 0.3) is 6.08 Å². The zero-order valence-electron chi connectivity index (χ0n) is 17.1. The summed E-state index contributed by atoms with van der Waals surface area (Å²) in [5, 5.41) is 11.1.